The Balaban J connectivity index is 3.32. The van der Waals surface area contributed by atoms with Gasteiger partial charge in [-0.05, 0) is 20.4 Å². The summed E-state index contributed by atoms with van der Waals surface area (Å²) in [6.07, 6.45) is 0. The van der Waals surface area contributed by atoms with Crippen LogP contribution in [0.25, 0.3) is 0 Å². The lowest BCUT2D eigenvalue weighted by Gasteiger charge is -2.05. The van der Waals surface area contributed by atoms with Crippen LogP contribution < -0.4 is 5.32 Å². The minimum atomic E-state index is 0.0278. The Hall–Kier alpha value is -0.370. The molecule has 0 saturated heterocycles. The Morgan fingerprint density at radius 2 is 2.25 bits per heavy atom. The Morgan fingerprint density at radius 3 is 2.38 bits per heavy atom. The lowest BCUT2D eigenvalue weighted by atomic mass is 10.2. The van der Waals surface area contributed by atoms with Gasteiger partial charge < -0.3 is 5.32 Å². The lowest BCUT2D eigenvalue weighted by Crippen LogP contribution is -2.31. The Labute approximate surface area is 50.3 Å². The molecule has 0 rings (SSSR count). The second-order valence-corrected chi connectivity index (χ2v) is 1.89. The van der Waals surface area contributed by atoms with E-state index in [1.54, 1.807) is 6.92 Å². The van der Waals surface area contributed by atoms with E-state index in [4.69, 9.17) is 0 Å². The second-order valence-electron chi connectivity index (χ2n) is 1.89. The summed E-state index contributed by atoms with van der Waals surface area (Å²) in [5, 5.41) is 3.00. The molecule has 0 aliphatic carbocycles. The van der Waals surface area contributed by atoms with Crippen molar-refractivity contribution in [3.63, 3.8) is 0 Å². The molecule has 48 valence electrons. The number of hydrogen-bond acceptors (Lipinski definition) is 2. The van der Waals surface area contributed by atoms with E-state index in [-0.39, 0.29) is 11.8 Å². The van der Waals surface area contributed by atoms with Crippen molar-refractivity contribution in [1.29, 1.82) is 0 Å². The van der Waals surface area contributed by atoms with Gasteiger partial charge in [0.25, 0.3) is 0 Å². The highest BCUT2D eigenvalue weighted by Crippen LogP contribution is 1.80. The first-order chi connectivity index (χ1) is 3.68. The van der Waals surface area contributed by atoms with Crippen molar-refractivity contribution in [2.45, 2.75) is 26.8 Å². The van der Waals surface area contributed by atoms with Crippen molar-refractivity contribution in [3.8, 4) is 0 Å². The molecule has 0 saturated carbocycles. The zero-order valence-electron chi connectivity index (χ0n) is 5.69. The Kier molecular flexibility index (Phi) is 3.44. The van der Waals surface area contributed by atoms with Gasteiger partial charge in [-0.2, -0.15) is 0 Å². The lowest BCUT2D eigenvalue weighted by molar-refractivity contribution is -0.118. The van der Waals surface area contributed by atoms with Crippen LogP contribution in [0.3, 0.4) is 0 Å². The molecule has 0 amide bonds. The molecular weight excluding hydrogens is 102 g/mol. The monoisotopic (exact) mass is 115 g/mol. The molecule has 1 N–H and O–H groups in total. The SMILES string of the molecule is CCNC(C)C(C)=O. The number of carbonyl (C=O) groups excluding carboxylic acids is 1. The summed E-state index contributed by atoms with van der Waals surface area (Å²) in [6.45, 7) is 6.30. The molecule has 0 spiro atoms. The van der Waals surface area contributed by atoms with Crippen molar-refractivity contribution < 1.29 is 4.79 Å². The molecule has 0 fully saturated rings. The van der Waals surface area contributed by atoms with Gasteiger partial charge in [-0.3, -0.25) is 4.79 Å². The van der Waals surface area contributed by atoms with E-state index >= 15 is 0 Å². The first-order valence-electron chi connectivity index (χ1n) is 2.92. The van der Waals surface area contributed by atoms with Crippen molar-refractivity contribution in [1.82, 2.24) is 5.32 Å². The molecule has 1 atom stereocenters. The molecule has 0 aliphatic heterocycles. The summed E-state index contributed by atoms with van der Waals surface area (Å²) in [5.74, 6) is 0.201. The van der Waals surface area contributed by atoms with Crippen LogP contribution in [0, 0.1) is 0 Å². The topological polar surface area (TPSA) is 29.1 Å². The van der Waals surface area contributed by atoms with Crippen LogP contribution in [0.1, 0.15) is 20.8 Å². The van der Waals surface area contributed by atoms with Crippen LogP contribution in [0.15, 0.2) is 0 Å². The first kappa shape index (κ1) is 7.63. The zero-order chi connectivity index (χ0) is 6.57. The number of likely N-dealkylation sites (N-methyl/N-ethyl adjacent to an activating group) is 1. The maximum atomic E-state index is 10.5. The van der Waals surface area contributed by atoms with Gasteiger partial charge in [-0.15, -0.1) is 0 Å². The number of nitrogens with one attached hydrogen (secondary N) is 1. The summed E-state index contributed by atoms with van der Waals surface area (Å²) in [7, 11) is 0. The van der Waals surface area contributed by atoms with E-state index in [0.717, 1.165) is 6.54 Å². The van der Waals surface area contributed by atoms with Gasteiger partial charge in [-0.1, -0.05) is 6.92 Å². The zero-order valence-corrected chi connectivity index (χ0v) is 5.69. The molecule has 2 nitrogen and oxygen atoms in total. The molecule has 0 radical (unpaired) electrons. The third kappa shape index (κ3) is 2.75. The minimum Gasteiger partial charge on any atom is -0.308 e. The van der Waals surface area contributed by atoms with Gasteiger partial charge >= 0.3 is 0 Å². The van der Waals surface area contributed by atoms with E-state index in [1.807, 2.05) is 13.8 Å². The quantitative estimate of drug-likeness (QED) is 0.582. The molecule has 0 aromatic carbocycles. The molecule has 1 unspecified atom stereocenters. The minimum absolute atomic E-state index is 0.0278. The molecule has 0 aliphatic rings. The molecule has 0 heterocycles. The third-order valence-corrected chi connectivity index (χ3v) is 1.12. The third-order valence-electron chi connectivity index (χ3n) is 1.12. The van der Waals surface area contributed by atoms with Gasteiger partial charge in [0.05, 0.1) is 6.04 Å². The standard InChI is InChI=1S/C6H13NO/c1-4-7-5(2)6(3)8/h5,7H,4H2,1-3H3. The van der Waals surface area contributed by atoms with Crippen LogP contribution in [0.2, 0.25) is 0 Å². The van der Waals surface area contributed by atoms with Gasteiger partial charge in [0, 0.05) is 0 Å². The number of carbonyl (C=O) groups is 1. The highest BCUT2D eigenvalue weighted by atomic mass is 16.1. The van der Waals surface area contributed by atoms with E-state index in [9.17, 15) is 4.79 Å². The second kappa shape index (κ2) is 3.61. The number of ketones is 1. The van der Waals surface area contributed by atoms with Crippen LogP contribution >= 0.6 is 0 Å². The number of Topliss-reactive ketones (excluding diaryl/α,β-unsaturated/α-hetero) is 1. The fraction of sp³-hybridized carbons (Fsp3) is 0.833. The van der Waals surface area contributed by atoms with Crippen LogP contribution in [0.4, 0.5) is 0 Å². The summed E-state index contributed by atoms with van der Waals surface area (Å²) < 4.78 is 0. The average molecular weight is 115 g/mol. The molecule has 0 aromatic rings. The van der Waals surface area contributed by atoms with E-state index < -0.39 is 0 Å². The molecular formula is C6H13NO. The molecule has 0 aromatic heterocycles. The average Bonchev–Trinajstić information content (AvgIpc) is 1.67. The summed E-state index contributed by atoms with van der Waals surface area (Å²) in [5.41, 5.74) is 0. The predicted molar refractivity (Wildman–Crippen MR) is 33.8 cm³/mol. The van der Waals surface area contributed by atoms with Crippen LogP contribution in [-0.4, -0.2) is 18.4 Å². The largest absolute Gasteiger partial charge is 0.308 e. The van der Waals surface area contributed by atoms with Crippen molar-refractivity contribution in [2.24, 2.45) is 0 Å². The summed E-state index contributed by atoms with van der Waals surface area (Å²) in [4.78, 5) is 10.5. The van der Waals surface area contributed by atoms with E-state index in [0.29, 0.717) is 0 Å². The van der Waals surface area contributed by atoms with Gasteiger partial charge in [-0.25, -0.2) is 0 Å². The van der Waals surface area contributed by atoms with Gasteiger partial charge in [0.1, 0.15) is 5.78 Å². The maximum absolute atomic E-state index is 10.5. The smallest absolute Gasteiger partial charge is 0.146 e. The highest BCUT2D eigenvalue weighted by molar-refractivity contribution is 5.80. The van der Waals surface area contributed by atoms with E-state index in [1.165, 1.54) is 0 Å². The fourth-order valence-electron chi connectivity index (χ4n) is 0.450. The van der Waals surface area contributed by atoms with Gasteiger partial charge in [0.15, 0.2) is 0 Å². The van der Waals surface area contributed by atoms with Crippen LogP contribution in [0.5, 0.6) is 0 Å². The Morgan fingerprint density at radius 1 is 1.75 bits per heavy atom. The number of hydrogen-bond donors (Lipinski definition) is 1. The van der Waals surface area contributed by atoms with Crippen molar-refractivity contribution >= 4 is 5.78 Å². The fourth-order valence-corrected chi connectivity index (χ4v) is 0.450. The van der Waals surface area contributed by atoms with Crippen molar-refractivity contribution in [2.75, 3.05) is 6.54 Å². The highest BCUT2D eigenvalue weighted by Gasteiger charge is 2.02. The summed E-state index contributed by atoms with van der Waals surface area (Å²) in [6, 6.07) is 0.0278. The van der Waals surface area contributed by atoms with Crippen molar-refractivity contribution in [3.05, 3.63) is 0 Å². The normalized spacial score (nSPS) is 13.4. The molecule has 8 heavy (non-hydrogen) atoms. The van der Waals surface area contributed by atoms with Crippen LogP contribution in [-0.2, 0) is 4.79 Å². The number of rotatable bonds is 3. The summed E-state index contributed by atoms with van der Waals surface area (Å²) >= 11 is 0. The first-order valence-corrected chi connectivity index (χ1v) is 2.92. The van der Waals surface area contributed by atoms with E-state index in [2.05, 4.69) is 5.32 Å². The molecule has 0 bridgehead atoms. The maximum Gasteiger partial charge on any atom is 0.146 e. The predicted octanol–water partition coefficient (Wildman–Crippen LogP) is 0.573. The Bertz CT molecular complexity index is 80.6. The van der Waals surface area contributed by atoms with Gasteiger partial charge in [0.2, 0.25) is 0 Å². The molecule has 2 heteroatoms.